The van der Waals surface area contributed by atoms with Gasteiger partial charge in [0.15, 0.2) is 0 Å². The summed E-state index contributed by atoms with van der Waals surface area (Å²) in [5, 5.41) is 0. The van der Waals surface area contributed by atoms with Gasteiger partial charge < -0.3 is 4.90 Å². The molecule has 2 rings (SSSR count). The Morgan fingerprint density at radius 2 is 2.05 bits per heavy atom. The molecule has 1 aliphatic carbocycles. The maximum absolute atomic E-state index is 13.7. The third kappa shape index (κ3) is 3.27. The van der Waals surface area contributed by atoms with Crippen molar-refractivity contribution in [3.05, 3.63) is 35.6 Å². The summed E-state index contributed by atoms with van der Waals surface area (Å²) in [6, 6.07) is 6.85. The molecule has 0 spiro atoms. The molecule has 0 aliphatic heterocycles. The normalized spacial score (nSPS) is 15.4. The first-order valence-corrected chi connectivity index (χ1v) is 7.09. The number of nitrogens with zero attached hydrogens (tertiary/aromatic N) is 1. The fourth-order valence-electron chi connectivity index (χ4n) is 2.01. The van der Waals surface area contributed by atoms with Crippen molar-refractivity contribution in [1.82, 2.24) is 4.90 Å². The van der Waals surface area contributed by atoms with E-state index in [0.29, 0.717) is 12.1 Å². The molecule has 2 nitrogen and oxygen atoms in total. The van der Waals surface area contributed by atoms with Gasteiger partial charge in [0, 0.05) is 24.0 Å². The number of carbonyl (C=O) groups is 1. The first kappa shape index (κ1) is 14.3. The summed E-state index contributed by atoms with van der Waals surface area (Å²) >= 11 is 5.87. The second-order valence-corrected chi connectivity index (χ2v) is 6.04. The Bertz CT molecular complexity index is 471. The predicted molar refractivity (Wildman–Crippen MR) is 74.5 cm³/mol. The van der Waals surface area contributed by atoms with Crippen LogP contribution in [0.1, 0.15) is 32.3 Å². The molecule has 0 N–H and O–H groups in total. The monoisotopic (exact) mass is 283 g/mol. The van der Waals surface area contributed by atoms with E-state index in [0.717, 1.165) is 12.8 Å². The second-order valence-electron chi connectivity index (χ2n) is 5.77. The van der Waals surface area contributed by atoms with Gasteiger partial charge in [-0.3, -0.25) is 4.79 Å². The van der Waals surface area contributed by atoms with E-state index in [1.807, 2.05) is 13.8 Å². The van der Waals surface area contributed by atoms with Gasteiger partial charge in [-0.25, -0.2) is 4.39 Å². The van der Waals surface area contributed by atoms with E-state index >= 15 is 0 Å². The van der Waals surface area contributed by atoms with Crippen molar-refractivity contribution in [2.45, 2.75) is 39.3 Å². The van der Waals surface area contributed by atoms with Crippen LogP contribution in [-0.4, -0.2) is 22.7 Å². The van der Waals surface area contributed by atoms with E-state index in [1.54, 1.807) is 23.1 Å². The third-order valence-electron chi connectivity index (χ3n) is 3.46. The Labute approximate surface area is 118 Å². The SMILES string of the molecule is CC(C)(CCl)C(=O)N(Cc1ccccc1F)C1CC1. The van der Waals surface area contributed by atoms with Crippen LogP contribution in [0, 0.1) is 11.2 Å². The first-order chi connectivity index (χ1) is 8.95. The molecule has 1 fully saturated rings. The zero-order valence-corrected chi connectivity index (χ0v) is 12.1. The number of benzene rings is 1. The molecule has 0 heterocycles. The van der Waals surface area contributed by atoms with E-state index in [1.165, 1.54) is 6.07 Å². The zero-order chi connectivity index (χ0) is 14.0. The fourth-order valence-corrected chi connectivity index (χ4v) is 2.12. The average Bonchev–Trinajstić information content (AvgIpc) is 3.21. The van der Waals surface area contributed by atoms with Crippen LogP contribution in [0.5, 0.6) is 0 Å². The number of halogens is 2. The highest BCUT2D eigenvalue weighted by molar-refractivity contribution is 6.19. The molecule has 1 saturated carbocycles. The highest BCUT2D eigenvalue weighted by atomic mass is 35.5. The quantitative estimate of drug-likeness (QED) is 0.757. The van der Waals surface area contributed by atoms with Crippen LogP contribution in [0.2, 0.25) is 0 Å². The Hall–Kier alpha value is -1.09. The van der Waals surface area contributed by atoms with E-state index < -0.39 is 5.41 Å². The minimum Gasteiger partial charge on any atom is -0.335 e. The minimum absolute atomic E-state index is 0.00764. The summed E-state index contributed by atoms with van der Waals surface area (Å²) in [6.45, 7) is 3.99. The molecule has 0 bridgehead atoms. The number of rotatable bonds is 5. The van der Waals surface area contributed by atoms with Gasteiger partial charge in [0.25, 0.3) is 0 Å². The van der Waals surface area contributed by atoms with Crippen molar-refractivity contribution in [3.63, 3.8) is 0 Å². The van der Waals surface area contributed by atoms with Crippen LogP contribution in [-0.2, 0) is 11.3 Å². The Morgan fingerprint density at radius 1 is 1.42 bits per heavy atom. The molecule has 0 unspecified atom stereocenters. The number of hydrogen-bond donors (Lipinski definition) is 0. The average molecular weight is 284 g/mol. The van der Waals surface area contributed by atoms with Crippen LogP contribution >= 0.6 is 11.6 Å². The molecule has 0 radical (unpaired) electrons. The maximum Gasteiger partial charge on any atom is 0.229 e. The van der Waals surface area contributed by atoms with Crippen LogP contribution in [0.3, 0.4) is 0 Å². The molecule has 1 aromatic rings. The molecule has 19 heavy (non-hydrogen) atoms. The summed E-state index contributed by atoms with van der Waals surface area (Å²) in [6.07, 6.45) is 2.00. The number of carbonyl (C=O) groups excluding carboxylic acids is 1. The lowest BCUT2D eigenvalue weighted by atomic mass is 9.94. The second kappa shape index (κ2) is 5.49. The summed E-state index contributed by atoms with van der Waals surface area (Å²) in [5.41, 5.74) is -0.0387. The molecular weight excluding hydrogens is 265 g/mol. The summed E-state index contributed by atoms with van der Waals surface area (Å²) in [7, 11) is 0. The lowest BCUT2D eigenvalue weighted by Crippen LogP contribution is -2.43. The van der Waals surface area contributed by atoms with Crippen LogP contribution in [0.15, 0.2) is 24.3 Å². The molecule has 104 valence electrons. The van der Waals surface area contributed by atoms with E-state index in [-0.39, 0.29) is 23.6 Å². The van der Waals surface area contributed by atoms with Gasteiger partial charge in [0.1, 0.15) is 5.82 Å². The van der Waals surface area contributed by atoms with Crippen LogP contribution in [0.25, 0.3) is 0 Å². The van der Waals surface area contributed by atoms with Crippen molar-refractivity contribution in [2.24, 2.45) is 5.41 Å². The molecule has 4 heteroatoms. The van der Waals surface area contributed by atoms with Crippen molar-refractivity contribution >= 4 is 17.5 Å². The summed E-state index contributed by atoms with van der Waals surface area (Å²) in [4.78, 5) is 14.3. The van der Waals surface area contributed by atoms with Gasteiger partial charge in [-0.05, 0) is 32.8 Å². The van der Waals surface area contributed by atoms with Gasteiger partial charge >= 0.3 is 0 Å². The molecular formula is C15H19ClFNO. The molecule has 1 aliphatic rings. The Morgan fingerprint density at radius 3 is 2.58 bits per heavy atom. The number of alkyl halides is 1. The van der Waals surface area contributed by atoms with Gasteiger partial charge in [-0.2, -0.15) is 0 Å². The smallest absolute Gasteiger partial charge is 0.229 e. The lowest BCUT2D eigenvalue weighted by molar-refractivity contribution is -0.140. The van der Waals surface area contributed by atoms with E-state index in [4.69, 9.17) is 11.6 Å². The molecule has 0 atom stereocenters. The molecule has 1 aromatic carbocycles. The maximum atomic E-state index is 13.7. The predicted octanol–water partition coefficient (Wildman–Crippen LogP) is 3.58. The van der Waals surface area contributed by atoms with E-state index in [9.17, 15) is 9.18 Å². The van der Waals surface area contributed by atoms with Gasteiger partial charge in [-0.15, -0.1) is 11.6 Å². The molecule has 0 saturated heterocycles. The minimum atomic E-state index is -0.602. The number of amides is 1. The van der Waals surface area contributed by atoms with Crippen LogP contribution in [0.4, 0.5) is 4.39 Å². The highest BCUT2D eigenvalue weighted by Gasteiger charge is 2.39. The van der Waals surface area contributed by atoms with Gasteiger partial charge in [-0.1, -0.05) is 18.2 Å². The Kier molecular flexibility index (Phi) is 4.14. The summed E-state index contributed by atoms with van der Waals surface area (Å²) < 4.78 is 13.7. The number of hydrogen-bond acceptors (Lipinski definition) is 1. The van der Waals surface area contributed by atoms with Crippen molar-refractivity contribution < 1.29 is 9.18 Å². The highest BCUT2D eigenvalue weighted by Crippen LogP contribution is 2.33. The third-order valence-corrected chi connectivity index (χ3v) is 4.13. The summed E-state index contributed by atoms with van der Waals surface area (Å²) in [5.74, 6) is 0.0182. The standard InChI is InChI=1S/C15H19ClFNO/c1-15(2,10-16)14(19)18(12-7-8-12)9-11-5-3-4-6-13(11)17/h3-6,12H,7-10H2,1-2H3. The van der Waals surface area contributed by atoms with Crippen molar-refractivity contribution in [1.29, 1.82) is 0 Å². The first-order valence-electron chi connectivity index (χ1n) is 6.56. The van der Waals surface area contributed by atoms with Crippen LogP contribution < -0.4 is 0 Å². The Balaban J connectivity index is 2.18. The lowest BCUT2D eigenvalue weighted by Gasteiger charge is -2.31. The largest absolute Gasteiger partial charge is 0.335 e. The molecule has 1 amide bonds. The molecule has 0 aromatic heterocycles. The zero-order valence-electron chi connectivity index (χ0n) is 11.3. The van der Waals surface area contributed by atoms with Crippen molar-refractivity contribution in [2.75, 3.05) is 5.88 Å². The van der Waals surface area contributed by atoms with E-state index in [2.05, 4.69) is 0 Å². The van der Waals surface area contributed by atoms with Crippen molar-refractivity contribution in [3.8, 4) is 0 Å². The van der Waals surface area contributed by atoms with Gasteiger partial charge in [0.05, 0.1) is 5.41 Å². The fraction of sp³-hybridized carbons (Fsp3) is 0.533. The van der Waals surface area contributed by atoms with Gasteiger partial charge in [0.2, 0.25) is 5.91 Å². The topological polar surface area (TPSA) is 20.3 Å².